The Morgan fingerprint density at radius 3 is 2.96 bits per heavy atom. The average molecular weight is 415 g/mol. The van der Waals surface area contributed by atoms with Gasteiger partial charge in [0.25, 0.3) is 0 Å². The Morgan fingerprint density at radius 2 is 2.19 bits per heavy atom. The number of pyridine rings is 1. The van der Waals surface area contributed by atoms with Gasteiger partial charge in [-0.1, -0.05) is 22.0 Å². The SMILES string of the molecule is O=C(CC1CCc2cc(Br)cc3[nH]c(=O)c(=O)n1c23)Nc1ccccn1. The van der Waals surface area contributed by atoms with Gasteiger partial charge in [-0.2, -0.15) is 0 Å². The molecular weight excluding hydrogens is 400 g/mol. The number of hydrogen-bond acceptors (Lipinski definition) is 4. The minimum absolute atomic E-state index is 0.102. The van der Waals surface area contributed by atoms with E-state index in [0.29, 0.717) is 23.3 Å². The first kappa shape index (κ1) is 16.7. The Kier molecular flexibility index (Phi) is 4.20. The van der Waals surface area contributed by atoms with Crippen LogP contribution < -0.4 is 16.4 Å². The summed E-state index contributed by atoms with van der Waals surface area (Å²) >= 11 is 3.43. The Bertz CT molecular complexity index is 1120. The van der Waals surface area contributed by atoms with E-state index in [-0.39, 0.29) is 18.4 Å². The van der Waals surface area contributed by atoms with Crippen molar-refractivity contribution in [2.24, 2.45) is 0 Å². The summed E-state index contributed by atoms with van der Waals surface area (Å²) in [5.74, 6) is 0.218. The fourth-order valence-electron chi connectivity index (χ4n) is 3.45. The van der Waals surface area contributed by atoms with Gasteiger partial charge in [0.2, 0.25) is 5.91 Å². The minimum atomic E-state index is -0.682. The van der Waals surface area contributed by atoms with Crippen molar-refractivity contribution in [3.8, 4) is 0 Å². The number of halogens is 1. The van der Waals surface area contributed by atoms with Gasteiger partial charge in [-0.25, -0.2) is 4.98 Å². The van der Waals surface area contributed by atoms with Gasteiger partial charge >= 0.3 is 11.1 Å². The molecular formula is C18H15BrN4O3. The minimum Gasteiger partial charge on any atom is -0.316 e. The molecule has 1 atom stereocenters. The zero-order valence-electron chi connectivity index (χ0n) is 13.7. The molecule has 1 unspecified atom stereocenters. The molecule has 4 rings (SSSR count). The lowest BCUT2D eigenvalue weighted by Gasteiger charge is -2.27. The van der Waals surface area contributed by atoms with Gasteiger partial charge in [0.05, 0.1) is 11.0 Å². The van der Waals surface area contributed by atoms with Crippen LogP contribution in [0.25, 0.3) is 11.0 Å². The number of aryl methyl sites for hydroxylation is 1. The fourth-order valence-corrected chi connectivity index (χ4v) is 3.96. The van der Waals surface area contributed by atoms with Gasteiger partial charge in [0, 0.05) is 23.1 Å². The van der Waals surface area contributed by atoms with Crippen molar-refractivity contribution in [1.29, 1.82) is 0 Å². The fraction of sp³-hybridized carbons (Fsp3) is 0.222. The lowest BCUT2D eigenvalue weighted by atomic mass is 9.96. The molecule has 1 aliphatic rings. The Balaban J connectivity index is 1.73. The number of carbonyl (C=O) groups is 1. The summed E-state index contributed by atoms with van der Waals surface area (Å²) in [6.45, 7) is 0. The van der Waals surface area contributed by atoms with Crippen LogP contribution in [0.15, 0.2) is 50.6 Å². The highest BCUT2D eigenvalue weighted by Crippen LogP contribution is 2.32. The van der Waals surface area contributed by atoms with Gasteiger partial charge in [-0.15, -0.1) is 0 Å². The van der Waals surface area contributed by atoms with Crippen LogP contribution in [0.2, 0.25) is 0 Å². The van der Waals surface area contributed by atoms with Gasteiger partial charge in [0.15, 0.2) is 0 Å². The molecule has 2 aromatic heterocycles. The number of amides is 1. The first-order valence-electron chi connectivity index (χ1n) is 8.21. The summed E-state index contributed by atoms with van der Waals surface area (Å²) in [6, 6.07) is 8.58. The van der Waals surface area contributed by atoms with E-state index in [1.54, 1.807) is 30.5 Å². The number of benzene rings is 1. The first-order chi connectivity index (χ1) is 12.5. The normalized spacial score (nSPS) is 15.8. The van der Waals surface area contributed by atoms with Gasteiger partial charge in [-0.05, 0) is 42.7 Å². The highest BCUT2D eigenvalue weighted by molar-refractivity contribution is 9.10. The maximum atomic E-state index is 12.5. The molecule has 0 saturated carbocycles. The number of rotatable bonds is 3. The summed E-state index contributed by atoms with van der Waals surface area (Å²) in [7, 11) is 0. The van der Waals surface area contributed by atoms with E-state index in [4.69, 9.17) is 0 Å². The number of nitrogens with one attached hydrogen (secondary N) is 2. The van der Waals surface area contributed by atoms with Crippen LogP contribution >= 0.6 is 15.9 Å². The molecule has 8 heteroatoms. The molecule has 0 fully saturated rings. The van der Waals surface area contributed by atoms with Crippen molar-refractivity contribution in [2.75, 3.05) is 5.32 Å². The van der Waals surface area contributed by atoms with Crippen LogP contribution in [0.3, 0.4) is 0 Å². The van der Waals surface area contributed by atoms with E-state index in [0.717, 1.165) is 16.5 Å². The summed E-state index contributed by atoms with van der Waals surface area (Å²) in [4.78, 5) is 43.7. The summed E-state index contributed by atoms with van der Waals surface area (Å²) in [5, 5.41) is 2.73. The van der Waals surface area contributed by atoms with E-state index in [1.807, 2.05) is 6.07 Å². The third kappa shape index (κ3) is 2.96. The molecule has 3 heterocycles. The number of aromatic nitrogens is 3. The second kappa shape index (κ2) is 6.53. The average Bonchev–Trinajstić information content (AvgIpc) is 2.61. The number of H-pyrrole nitrogens is 1. The second-order valence-corrected chi connectivity index (χ2v) is 7.17. The van der Waals surface area contributed by atoms with Crippen LogP contribution in [-0.2, 0) is 11.2 Å². The van der Waals surface area contributed by atoms with Crippen LogP contribution in [0.1, 0.15) is 24.4 Å². The lowest BCUT2D eigenvalue weighted by molar-refractivity contribution is -0.117. The largest absolute Gasteiger partial charge is 0.317 e. The number of hydrogen-bond donors (Lipinski definition) is 2. The number of carbonyl (C=O) groups excluding carboxylic acids is 1. The quantitative estimate of drug-likeness (QED) is 0.642. The molecule has 0 radical (unpaired) electrons. The molecule has 2 N–H and O–H groups in total. The third-order valence-corrected chi connectivity index (χ3v) is 4.98. The highest BCUT2D eigenvalue weighted by Gasteiger charge is 2.26. The van der Waals surface area contributed by atoms with Crippen molar-refractivity contribution in [2.45, 2.75) is 25.3 Å². The molecule has 1 amide bonds. The van der Waals surface area contributed by atoms with Crippen molar-refractivity contribution in [3.63, 3.8) is 0 Å². The predicted octanol–water partition coefficient (Wildman–Crippen LogP) is 2.36. The lowest BCUT2D eigenvalue weighted by Crippen LogP contribution is -2.41. The summed E-state index contributed by atoms with van der Waals surface area (Å²) < 4.78 is 2.31. The van der Waals surface area contributed by atoms with Crippen LogP contribution in [0.5, 0.6) is 0 Å². The van der Waals surface area contributed by atoms with Crippen molar-refractivity contribution in [1.82, 2.24) is 14.5 Å². The van der Waals surface area contributed by atoms with Gasteiger partial charge < -0.3 is 10.3 Å². The number of aromatic amines is 1. The molecule has 0 saturated heterocycles. The third-order valence-electron chi connectivity index (χ3n) is 4.52. The van der Waals surface area contributed by atoms with Crippen LogP contribution in [0, 0.1) is 0 Å². The van der Waals surface area contributed by atoms with E-state index in [9.17, 15) is 14.4 Å². The molecule has 0 spiro atoms. The molecule has 1 aromatic carbocycles. The standard InChI is InChI=1S/C18H15BrN4O3/c19-11-7-10-4-5-12(9-15(24)22-14-3-1-2-6-20-14)23-16(10)13(8-11)21-17(25)18(23)26/h1-3,6-8,12H,4-5,9H2,(H,21,25)(H,20,22,24). The molecule has 3 aromatic rings. The maximum absolute atomic E-state index is 12.5. The summed E-state index contributed by atoms with van der Waals surface area (Å²) in [5.41, 5.74) is 0.951. The zero-order valence-corrected chi connectivity index (χ0v) is 15.2. The molecule has 1 aliphatic heterocycles. The Hall–Kier alpha value is -2.74. The van der Waals surface area contributed by atoms with Crippen molar-refractivity contribution >= 4 is 38.7 Å². The van der Waals surface area contributed by atoms with E-state index in [2.05, 4.69) is 31.2 Å². The van der Waals surface area contributed by atoms with E-state index >= 15 is 0 Å². The van der Waals surface area contributed by atoms with Crippen molar-refractivity contribution < 1.29 is 4.79 Å². The molecule has 132 valence electrons. The van der Waals surface area contributed by atoms with Crippen LogP contribution in [-0.4, -0.2) is 20.4 Å². The molecule has 7 nitrogen and oxygen atoms in total. The molecule has 0 bridgehead atoms. The number of anilines is 1. The van der Waals surface area contributed by atoms with E-state index in [1.165, 1.54) is 4.57 Å². The predicted molar refractivity (Wildman–Crippen MR) is 101 cm³/mol. The van der Waals surface area contributed by atoms with Crippen molar-refractivity contribution in [3.05, 3.63) is 67.3 Å². The summed E-state index contributed by atoms with van der Waals surface area (Å²) in [6.07, 6.45) is 3.03. The topological polar surface area (TPSA) is 96.9 Å². The first-order valence-corrected chi connectivity index (χ1v) is 9.00. The zero-order chi connectivity index (χ0) is 18.3. The van der Waals surface area contributed by atoms with E-state index < -0.39 is 11.1 Å². The number of nitrogens with zero attached hydrogens (tertiary/aromatic N) is 2. The smallest absolute Gasteiger partial charge is 0.316 e. The second-order valence-electron chi connectivity index (χ2n) is 6.25. The Labute approximate surface area is 156 Å². The Morgan fingerprint density at radius 1 is 1.35 bits per heavy atom. The maximum Gasteiger partial charge on any atom is 0.317 e. The highest BCUT2D eigenvalue weighted by atomic mass is 79.9. The van der Waals surface area contributed by atoms with Gasteiger partial charge in [0.1, 0.15) is 5.82 Å². The van der Waals surface area contributed by atoms with Crippen LogP contribution in [0.4, 0.5) is 5.82 Å². The van der Waals surface area contributed by atoms with Gasteiger partial charge in [-0.3, -0.25) is 19.0 Å². The molecule has 0 aliphatic carbocycles. The monoisotopic (exact) mass is 414 g/mol. The molecule has 26 heavy (non-hydrogen) atoms.